The summed E-state index contributed by atoms with van der Waals surface area (Å²) in [6.07, 6.45) is 1.77. The molecule has 1 N–H and O–H groups in total. The molecule has 1 atom stereocenters. The van der Waals surface area contributed by atoms with E-state index in [1.165, 1.54) is 0 Å². The average molecular weight is 383 g/mol. The highest BCUT2D eigenvalue weighted by molar-refractivity contribution is 6.00. The van der Waals surface area contributed by atoms with Crippen molar-refractivity contribution >= 4 is 23.3 Å². The summed E-state index contributed by atoms with van der Waals surface area (Å²) >= 11 is 0. The molecule has 0 saturated heterocycles. The van der Waals surface area contributed by atoms with Crippen LogP contribution in [0, 0.1) is 6.92 Å². The van der Waals surface area contributed by atoms with Crippen molar-refractivity contribution in [2.45, 2.75) is 45.7 Å². The van der Waals surface area contributed by atoms with E-state index in [2.05, 4.69) is 27.4 Å². The Morgan fingerprint density at radius 1 is 1.32 bits per heavy atom. The molecule has 0 aliphatic carbocycles. The quantitative estimate of drug-likeness (QED) is 0.711. The molecule has 1 aliphatic heterocycles. The number of para-hydroxylation sites is 1. The second-order valence-corrected chi connectivity index (χ2v) is 7.21. The fraction of sp³-hybridized carbons (Fsp3) is 0.476. The van der Waals surface area contributed by atoms with E-state index in [-0.39, 0.29) is 11.8 Å². The van der Waals surface area contributed by atoms with Gasteiger partial charge in [0, 0.05) is 38.3 Å². The molecule has 0 radical (unpaired) electrons. The second kappa shape index (κ2) is 8.91. The molecule has 28 heavy (non-hydrogen) atoms. The third-order valence-electron chi connectivity index (χ3n) is 5.10. The van der Waals surface area contributed by atoms with Gasteiger partial charge in [0.1, 0.15) is 11.9 Å². The van der Waals surface area contributed by atoms with Crippen molar-refractivity contribution in [1.82, 2.24) is 15.1 Å². The molecule has 0 fully saturated rings. The molecule has 1 aromatic carbocycles. The van der Waals surface area contributed by atoms with Crippen LogP contribution >= 0.6 is 0 Å². The topological polar surface area (TPSA) is 70.5 Å². The summed E-state index contributed by atoms with van der Waals surface area (Å²) in [7, 11) is 2.04. The number of carbonyl (C=O) groups excluding carboxylic acids is 2. The minimum atomic E-state index is -0.505. The van der Waals surface area contributed by atoms with E-state index in [9.17, 15) is 9.59 Å². The lowest BCUT2D eigenvalue weighted by Crippen LogP contribution is -2.52. The van der Waals surface area contributed by atoms with Crippen molar-refractivity contribution in [3.8, 4) is 0 Å². The van der Waals surface area contributed by atoms with Gasteiger partial charge in [0.05, 0.1) is 12.2 Å². The first-order valence-electron chi connectivity index (χ1n) is 9.91. The maximum absolute atomic E-state index is 12.8. The van der Waals surface area contributed by atoms with Crippen LogP contribution in [0.5, 0.6) is 0 Å². The average Bonchev–Trinajstić information content (AvgIpc) is 3.08. The van der Waals surface area contributed by atoms with Gasteiger partial charge in [0.15, 0.2) is 0 Å². The smallest absolute Gasteiger partial charge is 0.243 e. The number of anilines is 2. The number of hydrogen-bond donors (Lipinski definition) is 1. The fourth-order valence-electron chi connectivity index (χ4n) is 3.62. The molecule has 0 saturated carbocycles. The maximum Gasteiger partial charge on any atom is 0.243 e. The van der Waals surface area contributed by atoms with Gasteiger partial charge in [-0.15, -0.1) is 0 Å². The van der Waals surface area contributed by atoms with Gasteiger partial charge < -0.3 is 10.2 Å². The van der Waals surface area contributed by atoms with Crippen molar-refractivity contribution in [3.05, 3.63) is 42.1 Å². The minimum absolute atomic E-state index is 0.0155. The summed E-state index contributed by atoms with van der Waals surface area (Å²) in [6.45, 7) is 5.83. The zero-order valence-corrected chi connectivity index (χ0v) is 16.9. The second-order valence-electron chi connectivity index (χ2n) is 7.21. The highest BCUT2D eigenvalue weighted by Gasteiger charge is 2.34. The Morgan fingerprint density at radius 2 is 2.07 bits per heavy atom. The molecule has 2 heterocycles. The number of amides is 2. The van der Waals surface area contributed by atoms with Crippen LogP contribution in [0.2, 0.25) is 0 Å². The first kappa shape index (κ1) is 19.9. The maximum atomic E-state index is 12.8. The zero-order valence-electron chi connectivity index (χ0n) is 16.9. The lowest BCUT2D eigenvalue weighted by Gasteiger charge is -2.33. The van der Waals surface area contributed by atoms with E-state index < -0.39 is 6.04 Å². The Balaban J connectivity index is 1.56. The Hall–Kier alpha value is -2.83. The molecule has 7 nitrogen and oxygen atoms in total. The molecule has 7 heteroatoms. The van der Waals surface area contributed by atoms with Crippen LogP contribution in [-0.2, 0) is 16.1 Å². The fourth-order valence-corrected chi connectivity index (χ4v) is 3.62. The molecule has 3 rings (SSSR count). The van der Waals surface area contributed by atoms with E-state index >= 15 is 0 Å². The Bertz CT molecular complexity index is 817. The Labute approximate surface area is 166 Å². The van der Waals surface area contributed by atoms with Gasteiger partial charge in [0.2, 0.25) is 11.8 Å². The molecule has 0 unspecified atom stereocenters. The number of benzene rings is 1. The highest BCUT2D eigenvalue weighted by atomic mass is 16.2. The number of aromatic nitrogens is 2. The van der Waals surface area contributed by atoms with Gasteiger partial charge in [-0.1, -0.05) is 25.1 Å². The van der Waals surface area contributed by atoms with Gasteiger partial charge in [0.25, 0.3) is 0 Å². The number of rotatable bonds is 8. The third-order valence-corrected chi connectivity index (χ3v) is 5.10. The van der Waals surface area contributed by atoms with Gasteiger partial charge >= 0.3 is 0 Å². The van der Waals surface area contributed by atoms with E-state index in [1.807, 2.05) is 49.8 Å². The van der Waals surface area contributed by atoms with Crippen LogP contribution in [0.15, 0.2) is 36.4 Å². The number of nitrogens with one attached hydrogen (secondary N) is 1. The van der Waals surface area contributed by atoms with Crippen LogP contribution in [0.25, 0.3) is 0 Å². The van der Waals surface area contributed by atoms with E-state index in [1.54, 1.807) is 4.90 Å². The summed E-state index contributed by atoms with van der Waals surface area (Å²) in [6, 6.07) is 11.5. The van der Waals surface area contributed by atoms with Crippen molar-refractivity contribution in [2.75, 3.05) is 29.9 Å². The van der Waals surface area contributed by atoms with Crippen molar-refractivity contribution in [2.24, 2.45) is 0 Å². The molecule has 0 bridgehead atoms. The van der Waals surface area contributed by atoms with Crippen LogP contribution in [0.3, 0.4) is 0 Å². The summed E-state index contributed by atoms with van der Waals surface area (Å²) in [5.41, 5.74) is 2.01. The van der Waals surface area contributed by atoms with Crippen LogP contribution in [0.4, 0.5) is 11.5 Å². The molecular formula is C21H29N5O2. The number of aryl methyl sites for hydroxylation is 2. The van der Waals surface area contributed by atoms with E-state index in [0.29, 0.717) is 25.9 Å². The SMILES string of the molecule is CC[C@@H](C(=O)NCCCN(C)c1ccccc1)N1C(=O)CCn2nc(C)cc21. The summed E-state index contributed by atoms with van der Waals surface area (Å²) < 4.78 is 1.82. The first-order valence-corrected chi connectivity index (χ1v) is 9.91. The van der Waals surface area contributed by atoms with Crippen LogP contribution < -0.4 is 15.1 Å². The molecule has 0 spiro atoms. The summed E-state index contributed by atoms with van der Waals surface area (Å²) in [5.74, 6) is 0.600. The van der Waals surface area contributed by atoms with Gasteiger partial charge in [-0.3, -0.25) is 14.5 Å². The lowest BCUT2D eigenvalue weighted by molar-refractivity contribution is -0.127. The van der Waals surface area contributed by atoms with Crippen molar-refractivity contribution in [1.29, 1.82) is 0 Å². The van der Waals surface area contributed by atoms with E-state index in [0.717, 1.165) is 30.2 Å². The van der Waals surface area contributed by atoms with E-state index in [4.69, 9.17) is 0 Å². The Kier molecular flexibility index (Phi) is 6.34. The minimum Gasteiger partial charge on any atom is -0.375 e. The molecule has 1 aromatic heterocycles. The van der Waals surface area contributed by atoms with Crippen LogP contribution in [-0.4, -0.2) is 47.8 Å². The normalized spacial score (nSPS) is 14.5. The summed E-state index contributed by atoms with van der Waals surface area (Å²) in [4.78, 5) is 29.1. The zero-order chi connectivity index (χ0) is 20.1. The molecular weight excluding hydrogens is 354 g/mol. The molecule has 2 amide bonds. The number of carbonyl (C=O) groups is 2. The van der Waals surface area contributed by atoms with Gasteiger partial charge in [-0.2, -0.15) is 5.10 Å². The monoisotopic (exact) mass is 383 g/mol. The Morgan fingerprint density at radius 3 is 2.79 bits per heavy atom. The van der Waals surface area contributed by atoms with Gasteiger partial charge in [-0.25, -0.2) is 4.68 Å². The standard InChI is InChI=1S/C21H29N5O2/c1-4-18(26-19-15-16(2)23-25(19)14-11-20(26)27)21(28)22-12-8-13-24(3)17-9-6-5-7-10-17/h5-7,9-10,15,18H,4,8,11-14H2,1-3H3,(H,22,28)/t18-/m0/s1. The predicted molar refractivity (Wildman–Crippen MR) is 110 cm³/mol. The lowest BCUT2D eigenvalue weighted by atomic mass is 10.1. The largest absolute Gasteiger partial charge is 0.375 e. The number of nitrogens with zero attached hydrogens (tertiary/aromatic N) is 4. The molecule has 1 aliphatic rings. The highest BCUT2D eigenvalue weighted by Crippen LogP contribution is 2.26. The van der Waals surface area contributed by atoms with Crippen molar-refractivity contribution in [3.63, 3.8) is 0 Å². The molecule has 150 valence electrons. The first-order chi connectivity index (χ1) is 13.5. The predicted octanol–water partition coefficient (Wildman–Crippen LogP) is 2.35. The number of fused-ring (bicyclic) bond motifs is 1. The molecule has 2 aromatic rings. The van der Waals surface area contributed by atoms with Crippen LogP contribution in [0.1, 0.15) is 31.9 Å². The third kappa shape index (κ3) is 4.35. The van der Waals surface area contributed by atoms with Gasteiger partial charge in [-0.05, 0) is 31.9 Å². The van der Waals surface area contributed by atoms with Crippen molar-refractivity contribution < 1.29 is 9.59 Å². The summed E-state index contributed by atoms with van der Waals surface area (Å²) in [5, 5.41) is 7.43. The number of hydrogen-bond acceptors (Lipinski definition) is 4.